The molecule has 1 N–H and O–H groups in total. The molecular weight excluding hydrogens is 292 g/mol. The summed E-state index contributed by atoms with van der Waals surface area (Å²) in [5.41, 5.74) is 1.43. The largest absolute Gasteiger partial charge is 0.373 e. The lowest BCUT2D eigenvalue weighted by Gasteiger charge is -2.35. The van der Waals surface area contributed by atoms with Crippen molar-refractivity contribution in [2.45, 2.75) is 39.0 Å². The third kappa shape index (κ3) is 4.07. The van der Waals surface area contributed by atoms with Crippen LogP contribution in [0.5, 0.6) is 0 Å². The van der Waals surface area contributed by atoms with Crippen molar-refractivity contribution in [1.29, 1.82) is 0 Å². The van der Waals surface area contributed by atoms with Crippen molar-refractivity contribution in [1.82, 2.24) is 10.2 Å². The van der Waals surface area contributed by atoms with Crippen LogP contribution in [0.2, 0.25) is 0 Å². The second-order valence-electron chi connectivity index (χ2n) is 6.30. The monoisotopic (exact) mass is 318 g/mol. The summed E-state index contributed by atoms with van der Waals surface area (Å²) in [6, 6.07) is 8.66. The van der Waals surface area contributed by atoms with Gasteiger partial charge in [-0.05, 0) is 55.8 Å². The number of hydrogen-bond donors (Lipinski definition) is 1. The highest BCUT2D eigenvalue weighted by Crippen LogP contribution is 2.25. The van der Waals surface area contributed by atoms with Gasteiger partial charge in [-0.25, -0.2) is 0 Å². The van der Waals surface area contributed by atoms with E-state index in [-0.39, 0.29) is 0 Å². The zero-order chi connectivity index (χ0) is 15.4. The fourth-order valence-electron chi connectivity index (χ4n) is 3.29. The van der Waals surface area contributed by atoms with Crippen molar-refractivity contribution in [3.05, 3.63) is 35.2 Å². The number of thiophene rings is 1. The summed E-state index contributed by atoms with van der Waals surface area (Å²) in [5, 5.41) is 7.27. The number of nitrogens with one attached hydrogen (secondary N) is 1. The van der Waals surface area contributed by atoms with Crippen molar-refractivity contribution in [3.63, 3.8) is 0 Å². The first-order valence-corrected chi connectivity index (χ1v) is 9.14. The minimum Gasteiger partial charge on any atom is -0.373 e. The minimum absolute atomic E-state index is 0.369. The Morgan fingerprint density at radius 1 is 1.23 bits per heavy atom. The van der Waals surface area contributed by atoms with Crippen LogP contribution < -0.4 is 5.32 Å². The number of nitrogens with zero attached hydrogens (tertiary/aromatic N) is 1. The Morgan fingerprint density at radius 2 is 2.00 bits per heavy atom. The molecule has 0 spiro atoms. The Hall–Kier alpha value is -0.940. The molecule has 120 valence electrons. The standard InChI is InChI=1S/C18H26N2OS/c1-14-11-20(12-15(2)21-14)9-5-8-19-10-16-13-22-18-7-4-3-6-17(16)18/h3-4,6-7,13-15,19H,5,8-12H2,1-2H3/t14-,15-/m1/s1. The van der Waals surface area contributed by atoms with E-state index in [4.69, 9.17) is 4.74 Å². The molecule has 1 aliphatic rings. The molecule has 0 bridgehead atoms. The van der Waals surface area contributed by atoms with Gasteiger partial charge in [0.25, 0.3) is 0 Å². The van der Waals surface area contributed by atoms with E-state index >= 15 is 0 Å². The average Bonchev–Trinajstić information content (AvgIpc) is 2.89. The van der Waals surface area contributed by atoms with Crippen molar-refractivity contribution < 1.29 is 4.74 Å². The molecule has 1 aromatic carbocycles. The number of ether oxygens (including phenoxy) is 1. The molecule has 0 radical (unpaired) electrons. The lowest BCUT2D eigenvalue weighted by molar-refractivity contribution is -0.0680. The third-order valence-electron chi connectivity index (χ3n) is 4.20. The van der Waals surface area contributed by atoms with Crippen LogP contribution in [-0.2, 0) is 11.3 Å². The van der Waals surface area contributed by atoms with Gasteiger partial charge in [-0.1, -0.05) is 18.2 Å². The first-order valence-electron chi connectivity index (χ1n) is 8.26. The van der Waals surface area contributed by atoms with E-state index in [1.807, 2.05) is 11.3 Å². The molecule has 2 atom stereocenters. The predicted molar refractivity (Wildman–Crippen MR) is 94.6 cm³/mol. The second kappa shape index (κ2) is 7.55. The van der Waals surface area contributed by atoms with Gasteiger partial charge in [-0.15, -0.1) is 11.3 Å². The van der Waals surface area contributed by atoms with Crippen LogP contribution in [0.1, 0.15) is 25.8 Å². The molecule has 1 aliphatic heterocycles. The van der Waals surface area contributed by atoms with E-state index < -0.39 is 0 Å². The summed E-state index contributed by atoms with van der Waals surface area (Å²) in [5.74, 6) is 0. The fraction of sp³-hybridized carbons (Fsp3) is 0.556. The van der Waals surface area contributed by atoms with Crippen molar-refractivity contribution in [3.8, 4) is 0 Å². The van der Waals surface area contributed by atoms with E-state index in [0.29, 0.717) is 12.2 Å². The van der Waals surface area contributed by atoms with Crippen LogP contribution >= 0.6 is 11.3 Å². The zero-order valence-corrected chi connectivity index (χ0v) is 14.4. The van der Waals surface area contributed by atoms with Crippen LogP contribution in [0.15, 0.2) is 29.6 Å². The van der Waals surface area contributed by atoms with E-state index in [2.05, 4.69) is 53.7 Å². The maximum atomic E-state index is 5.78. The molecule has 0 saturated carbocycles. The van der Waals surface area contributed by atoms with Gasteiger partial charge < -0.3 is 10.1 Å². The Bertz CT molecular complexity index is 588. The quantitative estimate of drug-likeness (QED) is 0.825. The zero-order valence-electron chi connectivity index (χ0n) is 13.5. The van der Waals surface area contributed by atoms with Crippen LogP contribution in [0, 0.1) is 0 Å². The molecule has 3 nitrogen and oxygen atoms in total. The lowest BCUT2D eigenvalue weighted by atomic mass is 10.2. The van der Waals surface area contributed by atoms with E-state index in [9.17, 15) is 0 Å². The molecule has 0 amide bonds. The van der Waals surface area contributed by atoms with Crippen molar-refractivity contribution in [2.75, 3.05) is 26.2 Å². The van der Waals surface area contributed by atoms with Gasteiger partial charge in [0, 0.05) is 24.3 Å². The number of rotatable bonds is 6. The molecule has 22 heavy (non-hydrogen) atoms. The predicted octanol–water partition coefficient (Wildman–Crippen LogP) is 3.49. The van der Waals surface area contributed by atoms with Crippen molar-refractivity contribution in [2.24, 2.45) is 0 Å². The highest BCUT2D eigenvalue weighted by atomic mass is 32.1. The van der Waals surface area contributed by atoms with Crippen LogP contribution in [0.4, 0.5) is 0 Å². The first kappa shape index (κ1) is 15.9. The van der Waals surface area contributed by atoms with E-state index in [1.165, 1.54) is 22.1 Å². The molecule has 0 unspecified atom stereocenters. The summed E-state index contributed by atoms with van der Waals surface area (Å²) in [6.45, 7) is 9.68. The highest BCUT2D eigenvalue weighted by Gasteiger charge is 2.21. The van der Waals surface area contributed by atoms with Gasteiger partial charge in [-0.3, -0.25) is 4.90 Å². The topological polar surface area (TPSA) is 24.5 Å². The number of hydrogen-bond acceptors (Lipinski definition) is 4. The van der Waals surface area contributed by atoms with Gasteiger partial charge in [0.1, 0.15) is 0 Å². The maximum absolute atomic E-state index is 5.78. The maximum Gasteiger partial charge on any atom is 0.0678 e. The Kier molecular flexibility index (Phi) is 5.47. The normalized spacial score (nSPS) is 23.2. The number of morpholine rings is 1. The molecular formula is C18H26N2OS. The van der Waals surface area contributed by atoms with Gasteiger partial charge in [0.05, 0.1) is 12.2 Å². The highest BCUT2D eigenvalue weighted by molar-refractivity contribution is 7.17. The van der Waals surface area contributed by atoms with Crippen LogP contribution in [-0.4, -0.2) is 43.3 Å². The Balaban J connectivity index is 1.39. The fourth-order valence-corrected chi connectivity index (χ4v) is 4.25. The molecule has 1 saturated heterocycles. The second-order valence-corrected chi connectivity index (χ2v) is 7.22. The van der Waals surface area contributed by atoms with Crippen LogP contribution in [0.3, 0.4) is 0 Å². The van der Waals surface area contributed by atoms with Gasteiger partial charge in [0.15, 0.2) is 0 Å². The molecule has 2 aromatic rings. The average molecular weight is 318 g/mol. The molecule has 3 rings (SSSR count). The summed E-state index contributed by atoms with van der Waals surface area (Å²) in [4.78, 5) is 2.53. The van der Waals surface area contributed by atoms with Gasteiger partial charge in [0.2, 0.25) is 0 Å². The SMILES string of the molecule is C[C@@H]1CN(CCCNCc2csc3ccccc23)C[C@@H](C)O1. The van der Waals surface area contributed by atoms with Gasteiger partial charge >= 0.3 is 0 Å². The van der Waals surface area contributed by atoms with Gasteiger partial charge in [-0.2, -0.15) is 0 Å². The summed E-state index contributed by atoms with van der Waals surface area (Å²) < 4.78 is 7.16. The molecule has 2 heterocycles. The van der Waals surface area contributed by atoms with E-state index in [1.54, 1.807) is 0 Å². The molecule has 1 fully saturated rings. The Morgan fingerprint density at radius 3 is 2.82 bits per heavy atom. The third-order valence-corrected chi connectivity index (χ3v) is 5.21. The smallest absolute Gasteiger partial charge is 0.0678 e. The molecule has 1 aromatic heterocycles. The molecule has 4 heteroatoms. The summed E-state index contributed by atoms with van der Waals surface area (Å²) in [6.07, 6.45) is 1.93. The number of fused-ring (bicyclic) bond motifs is 1. The van der Waals surface area contributed by atoms with E-state index in [0.717, 1.165) is 32.7 Å². The molecule has 0 aliphatic carbocycles. The van der Waals surface area contributed by atoms with Crippen molar-refractivity contribution >= 4 is 21.4 Å². The minimum atomic E-state index is 0.369. The summed E-state index contributed by atoms with van der Waals surface area (Å²) in [7, 11) is 0. The lowest BCUT2D eigenvalue weighted by Crippen LogP contribution is -2.46. The first-order chi connectivity index (χ1) is 10.7. The van der Waals surface area contributed by atoms with Crippen LogP contribution in [0.25, 0.3) is 10.1 Å². The number of benzene rings is 1. The Labute approximate surface area is 137 Å². The summed E-state index contributed by atoms with van der Waals surface area (Å²) >= 11 is 1.84.